The van der Waals surface area contributed by atoms with Gasteiger partial charge in [0.2, 0.25) is 0 Å². The third-order valence-electron chi connectivity index (χ3n) is 0.500. The molecule has 0 bridgehead atoms. The van der Waals surface area contributed by atoms with Gasteiger partial charge >= 0.3 is 0 Å². The van der Waals surface area contributed by atoms with Crippen molar-refractivity contribution < 1.29 is 4.74 Å². The Morgan fingerprint density at radius 2 is 2.50 bits per heavy atom. The maximum absolute atomic E-state index is 6.67. The molecule has 0 rings (SSSR count). The van der Waals surface area contributed by atoms with E-state index >= 15 is 0 Å². The number of halogens is 1. The molecule has 0 fully saturated rings. The summed E-state index contributed by atoms with van der Waals surface area (Å²) < 4.78 is 5.48. The molecule has 0 heterocycles. The van der Waals surface area contributed by atoms with Crippen LogP contribution in [0.4, 0.5) is 0 Å². The third kappa shape index (κ3) is 3.87. The predicted octanol–water partition coefficient (Wildman–Crippen LogP) is 1.91. The molecule has 1 N–H and O–H groups in total. The SMILES string of the molecule is CCO/C=C(\Br)C=N. The van der Waals surface area contributed by atoms with Crippen molar-refractivity contribution in [1.29, 1.82) is 5.41 Å². The Morgan fingerprint density at radius 1 is 1.88 bits per heavy atom. The second-order valence-electron chi connectivity index (χ2n) is 1.10. The van der Waals surface area contributed by atoms with Crippen LogP contribution in [0, 0.1) is 5.41 Å². The second kappa shape index (κ2) is 4.84. The quantitative estimate of drug-likeness (QED) is 0.519. The minimum atomic E-state index is 0.642. The lowest BCUT2D eigenvalue weighted by molar-refractivity contribution is 0.269. The van der Waals surface area contributed by atoms with Crippen molar-refractivity contribution in [3.63, 3.8) is 0 Å². The summed E-state index contributed by atoms with van der Waals surface area (Å²) in [6.45, 7) is 2.53. The molecule has 0 saturated carbocycles. The second-order valence-corrected chi connectivity index (χ2v) is 2.02. The Hall–Kier alpha value is -0.310. The molecule has 0 aromatic rings. The van der Waals surface area contributed by atoms with Gasteiger partial charge in [-0.15, -0.1) is 0 Å². The van der Waals surface area contributed by atoms with Gasteiger partial charge in [-0.3, -0.25) is 0 Å². The Kier molecular flexibility index (Phi) is 4.65. The summed E-state index contributed by atoms with van der Waals surface area (Å²) in [6, 6.07) is 0. The Morgan fingerprint density at radius 3 is 2.88 bits per heavy atom. The lowest BCUT2D eigenvalue weighted by Crippen LogP contribution is -1.79. The molecule has 46 valence electrons. The molecule has 0 radical (unpaired) electrons. The van der Waals surface area contributed by atoms with Gasteiger partial charge < -0.3 is 10.1 Å². The van der Waals surface area contributed by atoms with Crippen molar-refractivity contribution in [1.82, 2.24) is 0 Å². The molecule has 0 aliphatic rings. The van der Waals surface area contributed by atoms with Crippen LogP contribution in [0.15, 0.2) is 10.7 Å². The predicted molar refractivity (Wildman–Crippen MR) is 37.4 cm³/mol. The topological polar surface area (TPSA) is 33.1 Å². The van der Waals surface area contributed by atoms with Gasteiger partial charge in [0, 0.05) is 6.21 Å². The summed E-state index contributed by atoms with van der Waals surface area (Å²) in [7, 11) is 0. The monoisotopic (exact) mass is 177 g/mol. The summed E-state index contributed by atoms with van der Waals surface area (Å²) in [5.41, 5.74) is 0. The Balaban J connectivity index is 3.40. The smallest absolute Gasteiger partial charge is 0.0986 e. The van der Waals surface area contributed by atoms with Crippen molar-refractivity contribution in [2.24, 2.45) is 0 Å². The van der Waals surface area contributed by atoms with E-state index in [9.17, 15) is 0 Å². The van der Waals surface area contributed by atoms with Crippen LogP contribution < -0.4 is 0 Å². The van der Waals surface area contributed by atoms with Gasteiger partial charge in [0.1, 0.15) is 0 Å². The largest absolute Gasteiger partial charge is 0.500 e. The lowest BCUT2D eigenvalue weighted by atomic mass is 10.7. The number of ether oxygens (including phenoxy) is 1. The van der Waals surface area contributed by atoms with Gasteiger partial charge in [0.25, 0.3) is 0 Å². The average molecular weight is 178 g/mol. The molecule has 0 spiro atoms. The number of allylic oxidation sites excluding steroid dienone is 1. The number of rotatable bonds is 3. The van der Waals surface area contributed by atoms with Crippen LogP contribution in [0.5, 0.6) is 0 Å². The van der Waals surface area contributed by atoms with Crippen molar-refractivity contribution in [2.45, 2.75) is 6.92 Å². The van der Waals surface area contributed by atoms with E-state index in [-0.39, 0.29) is 0 Å². The summed E-state index contributed by atoms with van der Waals surface area (Å²) in [5, 5.41) is 6.67. The fraction of sp³-hybridized carbons (Fsp3) is 0.400. The molecule has 8 heavy (non-hydrogen) atoms. The Bertz CT molecular complexity index is 101. The van der Waals surface area contributed by atoms with E-state index in [1.807, 2.05) is 6.92 Å². The van der Waals surface area contributed by atoms with Crippen molar-refractivity contribution in [2.75, 3.05) is 6.61 Å². The molecule has 0 saturated heterocycles. The average Bonchev–Trinajstić information content (AvgIpc) is 1.83. The van der Waals surface area contributed by atoms with Crippen LogP contribution in [0.25, 0.3) is 0 Å². The van der Waals surface area contributed by atoms with Gasteiger partial charge in [-0.2, -0.15) is 0 Å². The minimum absolute atomic E-state index is 0.642. The summed E-state index contributed by atoms with van der Waals surface area (Å²) in [4.78, 5) is 0. The first-order valence-electron chi connectivity index (χ1n) is 2.29. The zero-order valence-electron chi connectivity index (χ0n) is 4.65. The van der Waals surface area contributed by atoms with Crippen LogP contribution in [0.2, 0.25) is 0 Å². The standard InChI is InChI=1S/C5H8BrNO/c1-2-8-4-5(6)3-7/h3-4,7H,2H2,1H3/b5-4-,7-3?. The van der Waals surface area contributed by atoms with Crippen molar-refractivity contribution in [3.05, 3.63) is 10.7 Å². The van der Waals surface area contributed by atoms with Crippen LogP contribution >= 0.6 is 15.9 Å². The molecule has 0 aromatic carbocycles. The molecule has 0 atom stereocenters. The van der Waals surface area contributed by atoms with Crippen molar-refractivity contribution >= 4 is 22.1 Å². The number of nitrogens with one attached hydrogen (secondary N) is 1. The van der Waals surface area contributed by atoms with E-state index in [2.05, 4.69) is 15.9 Å². The molecule has 0 amide bonds. The molecular formula is C5H8BrNO. The van der Waals surface area contributed by atoms with E-state index in [1.54, 1.807) is 0 Å². The van der Waals surface area contributed by atoms with E-state index in [0.717, 1.165) is 0 Å². The zero-order valence-corrected chi connectivity index (χ0v) is 6.23. The molecular weight excluding hydrogens is 170 g/mol. The van der Waals surface area contributed by atoms with E-state index in [1.165, 1.54) is 12.5 Å². The van der Waals surface area contributed by atoms with E-state index in [0.29, 0.717) is 11.1 Å². The van der Waals surface area contributed by atoms with Gasteiger partial charge in [-0.25, -0.2) is 0 Å². The summed E-state index contributed by atoms with van der Waals surface area (Å²) >= 11 is 3.07. The van der Waals surface area contributed by atoms with Gasteiger partial charge in [0.15, 0.2) is 0 Å². The highest BCUT2D eigenvalue weighted by Crippen LogP contribution is 1.98. The maximum Gasteiger partial charge on any atom is 0.0986 e. The fourth-order valence-electron chi connectivity index (χ4n) is 0.197. The summed E-state index contributed by atoms with van der Waals surface area (Å²) in [5.74, 6) is 0. The molecule has 0 aliphatic carbocycles. The maximum atomic E-state index is 6.67. The molecule has 3 heteroatoms. The zero-order chi connectivity index (χ0) is 6.41. The first-order valence-corrected chi connectivity index (χ1v) is 3.08. The van der Waals surface area contributed by atoms with Crippen LogP contribution in [0.3, 0.4) is 0 Å². The molecule has 0 aromatic heterocycles. The van der Waals surface area contributed by atoms with E-state index < -0.39 is 0 Å². The fourth-order valence-corrected chi connectivity index (χ4v) is 0.329. The first-order chi connectivity index (χ1) is 3.81. The van der Waals surface area contributed by atoms with E-state index in [4.69, 9.17) is 10.1 Å². The summed E-state index contributed by atoms with van der Waals surface area (Å²) in [6.07, 6.45) is 2.67. The van der Waals surface area contributed by atoms with Gasteiger partial charge in [-0.1, -0.05) is 0 Å². The minimum Gasteiger partial charge on any atom is -0.500 e. The highest BCUT2D eigenvalue weighted by molar-refractivity contribution is 9.12. The molecule has 0 unspecified atom stereocenters. The number of hydrogen-bond donors (Lipinski definition) is 1. The lowest BCUT2D eigenvalue weighted by Gasteiger charge is -1.90. The van der Waals surface area contributed by atoms with Gasteiger partial charge in [0.05, 0.1) is 17.4 Å². The molecule has 2 nitrogen and oxygen atoms in total. The van der Waals surface area contributed by atoms with Crippen molar-refractivity contribution in [3.8, 4) is 0 Å². The number of hydrogen-bond acceptors (Lipinski definition) is 2. The first kappa shape index (κ1) is 7.69. The van der Waals surface area contributed by atoms with Gasteiger partial charge in [-0.05, 0) is 22.9 Å². The van der Waals surface area contributed by atoms with Crippen LogP contribution in [-0.2, 0) is 4.74 Å². The highest BCUT2D eigenvalue weighted by Gasteiger charge is 1.79. The Labute approximate surface area is 57.2 Å². The van der Waals surface area contributed by atoms with Crippen LogP contribution in [-0.4, -0.2) is 12.8 Å². The highest BCUT2D eigenvalue weighted by atomic mass is 79.9. The third-order valence-corrected chi connectivity index (χ3v) is 0.916. The normalized spacial score (nSPS) is 11.0. The molecule has 0 aliphatic heterocycles. The van der Waals surface area contributed by atoms with Crippen LogP contribution in [0.1, 0.15) is 6.92 Å².